The van der Waals surface area contributed by atoms with Crippen LogP contribution >= 0.6 is 0 Å². The van der Waals surface area contributed by atoms with Crippen LogP contribution in [0.4, 0.5) is 11.4 Å². The Balaban J connectivity index is 1.74. The van der Waals surface area contributed by atoms with E-state index in [2.05, 4.69) is 10.3 Å². The van der Waals surface area contributed by atoms with Gasteiger partial charge in [-0.15, -0.1) is 0 Å². The number of nitro benzene ring substituents is 1. The summed E-state index contributed by atoms with van der Waals surface area (Å²) < 4.78 is 5.42. The molecule has 1 unspecified atom stereocenters. The normalized spacial score (nSPS) is 23.5. The molecular formula is C25H22N4O5. The first kappa shape index (κ1) is 21.7. The van der Waals surface area contributed by atoms with Gasteiger partial charge in [0, 0.05) is 53.8 Å². The number of rotatable bonds is 5. The summed E-state index contributed by atoms with van der Waals surface area (Å²) in [5, 5.41) is 14.4. The summed E-state index contributed by atoms with van der Waals surface area (Å²) in [5.41, 5.74) is 0.960. The lowest BCUT2D eigenvalue weighted by Gasteiger charge is -2.35. The van der Waals surface area contributed by atoms with Crippen molar-refractivity contribution in [1.29, 1.82) is 0 Å². The first-order chi connectivity index (χ1) is 16.4. The Bertz CT molecular complexity index is 1310. The van der Waals surface area contributed by atoms with E-state index in [4.69, 9.17) is 4.74 Å². The molecule has 3 aromatic rings. The minimum Gasteiger partial charge on any atom is -0.497 e. The highest BCUT2D eigenvalue weighted by molar-refractivity contribution is 6.12. The summed E-state index contributed by atoms with van der Waals surface area (Å²) >= 11 is 0. The number of pyridine rings is 1. The predicted octanol–water partition coefficient (Wildman–Crippen LogP) is 3.37. The largest absolute Gasteiger partial charge is 0.497 e. The van der Waals surface area contributed by atoms with Gasteiger partial charge in [0.15, 0.2) is 5.78 Å². The molecule has 1 amide bonds. The maximum absolute atomic E-state index is 14.1. The highest BCUT2D eigenvalue weighted by Crippen LogP contribution is 2.56. The molecule has 0 radical (unpaired) electrons. The Morgan fingerprint density at radius 3 is 2.68 bits per heavy atom. The Morgan fingerprint density at radius 2 is 1.97 bits per heavy atom. The lowest BCUT2D eigenvalue weighted by atomic mass is 9.70. The summed E-state index contributed by atoms with van der Waals surface area (Å²) in [6, 6.07) is 14.8. The van der Waals surface area contributed by atoms with Crippen molar-refractivity contribution in [2.75, 3.05) is 26.0 Å². The lowest BCUT2D eigenvalue weighted by molar-refractivity contribution is -0.384. The third kappa shape index (κ3) is 3.08. The molecule has 2 aliphatic rings. The van der Waals surface area contributed by atoms with Gasteiger partial charge in [-0.1, -0.05) is 12.1 Å². The highest BCUT2D eigenvalue weighted by atomic mass is 16.6. The number of hydrogen-bond donors (Lipinski definition) is 1. The Hall–Kier alpha value is -4.11. The number of Topliss-reactive ketones (excluding diaryl/α,β-unsaturated/α-hetero) is 1. The average molecular weight is 458 g/mol. The number of likely N-dealkylation sites (N-methyl/N-ethyl adjacent to an activating group) is 1. The molecule has 1 aromatic heterocycles. The van der Waals surface area contributed by atoms with E-state index in [-0.39, 0.29) is 17.4 Å². The number of carbonyl (C=O) groups excluding carboxylic acids is 2. The van der Waals surface area contributed by atoms with Gasteiger partial charge < -0.3 is 10.1 Å². The molecule has 9 heteroatoms. The third-order valence-corrected chi connectivity index (χ3v) is 6.91. The molecule has 5 rings (SSSR count). The number of nitro groups is 1. The van der Waals surface area contributed by atoms with E-state index < -0.39 is 22.3 Å². The number of nitrogens with one attached hydrogen (secondary N) is 1. The number of aromatic nitrogens is 1. The molecule has 1 saturated heterocycles. The number of benzene rings is 2. The molecule has 2 aromatic carbocycles. The van der Waals surface area contributed by atoms with Gasteiger partial charge >= 0.3 is 0 Å². The third-order valence-electron chi connectivity index (χ3n) is 6.91. The maximum atomic E-state index is 14.1. The van der Waals surface area contributed by atoms with E-state index in [1.165, 1.54) is 24.5 Å². The van der Waals surface area contributed by atoms with Crippen LogP contribution in [-0.4, -0.2) is 47.2 Å². The first-order valence-corrected chi connectivity index (χ1v) is 10.8. The predicted molar refractivity (Wildman–Crippen MR) is 124 cm³/mol. The summed E-state index contributed by atoms with van der Waals surface area (Å²) in [6.07, 6.45) is 3.07. The van der Waals surface area contributed by atoms with Crippen molar-refractivity contribution in [3.8, 4) is 5.75 Å². The van der Waals surface area contributed by atoms with E-state index in [1.54, 1.807) is 56.6 Å². The van der Waals surface area contributed by atoms with Gasteiger partial charge in [0.05, 0.1) is 18.0 Å². The first-order valence-electron chi connectivity index (χ1n) is 10.8. The minimum atomic E-state index is -1.31. The van der Waals surface area contributed by atoms with Crippen LogP contribution in [-0.2, 0) is 10.3 Å². The van der Waals surface area contributed by atoms with Crippen LogP contribution in [0.1, 0.15) is 27.4 Å². The molecule has 3 atom stereocenters. The van der Waals surface area contributed by atoms with Crippen molar-refractivity contribution >= 4 is 23.1 Å². The quantitative estimate of drug-likeness (QED) is 0.354. The molecule has 0 saturated carbocycles. The molecule has 9 nitrogen and oxygen atoms in total. The lowest BCUT2D eigenvalue weighted by Crippen LogP contribution is -2.51. The Kier molecular flexibility index (Phi) is 5.13. The number of non-ortho nitro benzene ring substituents is 1. The molecule has 172 valence electrons. The summed E-state index contributed by atoms with van der Waals surface area (Å²) in [7, 11) is 3.35. The number of likely N-dealkylation sites (tertiary alicyclic amines) is 1. The van der Waals surface area contributed by atoms with E-state index in [1.807, 2.05) is 4.90 Å². The van der Waals surface area contributed by atoms with Crippen molar-refractivity contribution in [3.63, 3.8) is 0 Å². The van der Waals surface area contributed by atoms with Crippen LogP contribution < -0.4 is 10.1 Å². The highest BCUT2D eigenvalue weighted by Gasteiger charge is 2.64. The van der Waals surface area contributed by atoms with Crippen molar-refractivity contribution in [3.05, 3.63) is 93.8 Å². The van der Waals surface area contributed by atoms with Gasteiger partial charge in [-0.2, -0.15) is 0 Å². The van der Waals surface area contributed by atoms with Crippen molar-refractivity contribution in [2.45, 2.75) is 11.5 Å². The standard InChI is InChI=1S/C25H22N4O5/c1-28-14-19(16-4-3-5-17(12-16)29(32)33)22(23(30)15-8-10-26-11-9-15)25(28)20-13-18(34-2)6-7-21(20)27-24(25)31/h3-13,19,22H,14H2,1-2H3,(H,27,31)/t19-,22?,25-/m1/s1. The van der Waals surface area contributed by atoms with Gasteiger partial charge in [-0.3, -0.25) is 29.6 Å². The summed E-state index contributed by atoms with van der Waals surface area (Å²) in [6.45, 7) is 0.354. The fourth-order valence-electron chi connectivity index (χ4n) is 5.41. The Morgan fingerprint density at radius 1 is 1.21 bits per heavy atom. The molecule has 1 fully saturated rings. The molecule has 1 N–H and O–H groups in total. The zero-order chi connectivity index (χ0) is 24.0. The SMILES string of the molecule is COc1ccc2c(c1)[C@]1(C(=O)N2)C(C(=O)c2ccncc2)[C@@H](c2cccc([N+](=O)[O-])c2)CN1C. The molecule has 1 spiro atoms. The van der Waals surface area contributed by atoms with Crippen LogP contribution in [0.25, 0.3) is 0 Å². The van der Waals surface area contributed by atoms with Crippen LogP contribution in [0, 0.1) is 16.0 Å². The number of ketones is 1. The van der Waals surface area contributed by atoms with Crippen LogP contribution in [0.3, 0.4) is 0 Å². The second-order valence-electron chi connectivity index (χ2n) is 8.55. The number of amides is 1. The number of methoxy groups -OCH3 is 1. The summed E-state index contributed by atoms with van der Waals surface area (Å²) in [5.74, 6) is -1.27. The number of carbonyl (C=O) groups is 2. The van der Waals surface area contributed by atoms with Gasteiger partial charge in [-0.25, -0.2) is 0 Å². The topological polar surface area (TPSA) is 115 Å². The number of nitrogens with zero attached hydrogens (tertiary/aromatic N) is 3. The van der Waals surface area contributed by atoms with Gasteiger partial charge in [0.25, 0.3) is 5.69 Å². The van der Waals surface area contributed by atoms with E-state index in [9.17, 15) is 19.7 Å². The number of hydrogen-bond acceptors (Lipinski definition) is 7. The van der Waals surface area contributed by atoms with Crippen molar-refractivity contribution < 1.29 is 19.2 Å². The van der Waals surface area contributed by atoms with Crippen molar-refractivity contribution in [2.24, 2.45) is 5.92 Å². The minimum absolute atomic E-state index is 0.0610. The average Bonchev–Trinajstić information content (AvgIpc) is 3.33. The zero-order valence-corrected chi connectivity index (χ0v) is 18.6. The van der Waals surface area contributed by atoms with E-state index in [0.29, 0.717) is 34.7 Å². The number of anilines is 1. The second-order valence-corrected chi connectivity index (χ2v) is 8.55. The Labute approximate surface area is 195 Å². The van der Waals surface area contributed by atoms with Crippen molar-refractivity contribution in [1.82, 2.24) is 9.88 Å². The summed E-state index contributed by atoms with van der Waals surface area (Å²) in [4.78, 5) is 44.6. The van der Waals surface area contributed by atoms with Gasteiger partial charge in [0.2, 0.25) is 5.91 Å². The number of ether oxygens (including phenoxy) is 1. The monoisotopic (exact) mass is 458 g/mol. The van der Waals surface area contributed by atoms with Gasteiger partial charge in [0.1, 0.15) is 11.3 Å². The fourth-order valence-corrected chi connectivity index (χ4v) is 5.41. The molecular weight excluding hydrogens is 436 g/mol. The van der Waals surface area contributed by atoms with Crippen LogP contribution in [0.15, 0.2) is 67.0 Å². The molecule has 34 heavy (non-hydrogen) atoms. The van der Waals surface area contributed by atoms with E-state index in [0.717, 1.165) is 0 Å². The van der Waals surface area contributed by atoms with Gasteiger partial charge in [-0.05, 0) is 42.9 Å². The molecule has 2 aliphatic heterocycles. The van der Waals surface area contributed by atoms with Crippen LogP contribution in [0.2, 0.25) is 0 Å². The molecule has 0 bridgehead atoms. The van der Waals surface area contributed by atoms with Crippen LogP contribution in [0.5, 0.6) is 5.75 Å². The molecule has 3 heterocycles. The smallest absolute Gasteiger partial charge is 0.269 e. The number of fused-ring (bicyclic) bond motifs is 2. The fraction of sp³-hybridized carbons (Fsp3) is 0.240. The van der Waals surface area contributed by atoms with E-state index >= 15 is 0 Å². The second kappa shape index (κ2) is 8.03. The molecule has 0 aliphatic carbocycles. The maximum Gasteiger partial charge on any atom is 0.269 e. The zero-order valence-electron chi connectivity index (χ0n) is 18.6.